The highest BCUT2D eigenvalue weighted by Gasteiger charge is 2.40. The molecule has 28 heteroatoms. The summed E-state index contributed by atoms with van der Waals surface area (Å²) in [6.45, 7) is 12.4. The van der Waals surface area contributed by atoms with E-state index in [2.05, 4.69) is 58.5 Å². The number of hydrogen-bond acceptors (Lipinski definition) is 17. The van der Waals surface area contributed by atoms with Crippen LogP contribution in [-0.4, -0.2) is 181 Å². The van der Waals surface area contributed by atoms with Crippen molar-refractivity contribution in [2.75, 3.05) is 33.4 Å². The quantitative estimate of drug-likeness (QED) is 0.0303. The number of nitrogens with one attached hydrogen (secondary N) is 11. The number of hydrogen-bond donors (Lipinski definition) is 15. The Kier molecular flexibility index (Phi) is 32.2. The molecule has 0 bridgehead atoms. The normalized spacial score (nSPS) is 20.7. The molecular weight excluding hydrogens is 1090 g/mol. The minimum atomic E-state index is -1.80. The Balaban J connectivity index is 2.38. The molecule has 11 amide bonds. The summed E-state index contributed by atoms with van der Waals surface area (Å²) in [5.41, 5.74) is 11.9. The summed E-state index contributed by atoms with van der Waals surface area (Å²) in [4.78, 5) is 164. The Morgan fingerprint density at radius 1 is 0.643 bits per heavy atom. The fourth-order valence-corrected chi connectivity index (χ4v) is 8.78. The van der Waals surface area contributed by atoms with Gasteiger partial charge in [0, 0.05) is 6.42 Å². The Hall–Kier alpha value is -7.30. The van der Waals surface area contributed by atoms with Crippen LogP contribution in [0.1, 0.15) is 119 Å². The minimum Gasteiger partial charge on any atom is -0.458 e. The smallest absolute Gasteiger partial charge is 0.329 e. The first-order chi connectivity index (χ1) is 39.7. The summed E-state index contributed by atoms with van der Waals surface area (Å²) < 4.78 is 5.65. The van der Waals surface area contributed by atoms with E-state index in [1.807, 2.05) is 30.3 Å². The molecule has 1 aliphatic heterocycles. The number of aliphatic hydroxyl groups is 2. The van der Waals surface area contributed by atoms with Gasteiger partial charge in [0.15, 0.2) is 0 Å². The lowest BCUT2D eigenvalue weighted by Crippen LogP contribution is -2.63. The SMILES string of the molecule is CC[C@@H](C)[C@@H](NC(=O)[C@@H](CCC(N)=O)NC(=O)[C@H](CO)NC(=O)[C@@H](NC(=O)[C@@H](Cc1ccccc1)NC)[C@@H](C)CC)C(=O)N[C@H](C(=O)N[C@@H](CO)C(=O)N[C@H]1C(=O)NCC(=O)N[C@@H](CCCN)C(=O)N[C@@H]([C@@H](C)CC)C(=O)O[C@H]1C)[C@@H](C)CC. The molecule has 1 aromatic rings. The van der Waals surface area contributed by atoms with Gasteiger partial charge in [-0.05, 0) is 75.4 Å². The Morgan fingerprint density at radius 3 is 1.60 bits per heavy atom. The maximum Gasteiger partial charge on any atom is 0.329 e. The number of benzene rings is 1. The molecule has 0 spiro atoms. The van der Waals surface area contributed by atoms with Crippen molar-refractivity contribution in [1.82, 2.24) is 58.5 Å². The van der Waals surface area contributed by atoms with Crippen molar-refractivity contribution in [3.63, 3.8) is 0 Å². The maximum atomic E-state index is 14.3. The van der Waals surface area contributed by atoms with Crippen molar-refractivity contribution in [2.24, 2.45) is 35.1 Å². The van der Waals surface area contributed by atoms with E-state index in [0.29, 0.717) is 25.7 Å². The van der Waals surface area contributed by atoms with Crippen molar-refractivity contribution >= 4 is 70.9 Å². The molecule has 1 heterocycles. The zero-order valence-electron chi connectivity index (χ0n) is 50.1. The van der Waals surface area contributed by atoms with E-state index in [1.54, 1.807) is 62.4 Å². The third-order valence-electron chi connectivity index (χ3n) is 15.2. The molecule has 0 saturated carbocycles. The van der Waals surface area contributed by atoms with Crippen LogP contribution in [0.3, 0.4) is 0 Å². The van der Waals surface area contributed by atoms with Crippen LogP contribution in [0.15, 0.2) is 30.3 Å². The lowest BCUT2D eigenvalue weighted by Gasteiger charge is -2.31. The Morgan fingerprint density at radius 2 is 1.12 bits per heavy atom. The van der Waals surface area contributed by atoms with Gasteiger partial charge in [-0.15, -0.1) is 0 Å². The Bertz CT molecular complexity index is 2380. The maximum absolute atomic E-state index is 14.3. The number of esters is 1. The molecule has 2 rings (SSSR count). The standard InChI is InChI=1S/C56H93N13O15/c1-11-29(5)42(66-49(76)37(59-10)25-34-19-16-15-17-20-34)53(80)63-38(27-70)50(77)62-36(22-23-40(58)72)48(75)65-44(31(7)13-3)55(82)67-43(30(6)12-2)54(81)64-39(28-71)51(78)69-46-33(9)84-56(83)45(32(8)14-4)68-47(74)35(21-18-24-57)61-41(73)26-60-52(46)79/h15-17,19-20,29-33,35-39,42-46,59,70-71H,11-14,18,21-28,57H2,1-10H3,(H2,58,72)(H,60,79)(H,61,73)(H,62,77)(H,63,80)(H,64,81)(H,65,75)(H,66,76)(H,67,82)(H,68,74)(H,69,78)/t29-,30-,31+,32-,33-,35-,36+,37+,38-,39-,42-,43-,44+,45-,46+/m0/s1. The number of primary amides is 1. The van der Waals surface area contributed by atoms with Gasteiger partial charge in [0.2, 0.25) is 65.0 Å². The first-order valence-electron chi connectivity index (χ1n) is 28.9. The molecule has 28 nitrogen and oxygen atoms in total. The van der Waals surface area contributed by atoms with E-state index < -0.39 is 194 Å². The lowest BCUT2D eigenvalue weighted by molar-refractivity contribution is -0.157. The molecule has 17 N–H and O–H groups in total. The molecule has 1 fully saturated rings. The monoisotopic (exact) mass is 1190 g/mol. The largest absolute Gasteiger partial charge is 0.458 e. The topological polar surface area (TPSA) is 439 Å². The number of cyclic esters (lactones) is 1. The fourth-order valence-electron chi connectivity index (χ4n) is 8.78. The molecule has 1 saturated heterocycles. The van der Waals surface area contributed by atoms with E-state index in [9.17, 15) is 67.7 Å². The van der Waals surface area contributed by atoms with Crippen molar-refractivity contribution in [3.05, 3.63) is 35.9 Å². The van der Waals surface area contributed by atoms with Crippen LogP contribution < -0.4 is 70.0 Å². The molecular formula is C56H93N13O15. The molecule has 0 unspecified atom stereocenters. The first kappa shape index (κ1) is 72.8. The van der Waals surface area contributed by atoms with E-state index in [0.717, 1.165) is 5.56 Å². The van der Waals surface area contributed by atoms with Crippen LogP contribution in [0.4, 0.5) is 0 Å². The second-order valence-corrected chi connectivity index (χ2v) is 21.5. The number of carbonyl (C=O) groups excluding carboxylic acids is 12. The van der Waals surface area contributed by atoms with Crippen LogP contribution in [-0.2, 0) is 68.7 Å². The number of likely N-dealkylation sites (N-methyl/N-ethyl adjacent to an activating group) is 1. The number of amides is 11. The van der Waals surface area contributed by atoms with E-state index in [-0.39, 0.29) is 25.8 Å². The third-order valence-corrected chi connectivity index (χ3v) is 15.2. The average molecular weight is 1190 g/mol. The highest BCUT2D eigenvalue weighted by atomic mass is 16.5. The number of carbonyl (C=O) groups is 12. The fraction of sp³-hybridized carbons (Fsp3) is 0.679. The minimum absolute atomic E-state index is 0.114. The number of aliphatic hydroxyl groups excluding tert-OH is 2. The van der Waals surface area contributed by atoms with Crippen LogP contribution in [0, 0.1) is 23.7 Å². The zero-order chi connectivity index (χ0) is 63.4. The van der Waals surface area contributed by atoms with Crippen LogP contribution >= 0.6 is 0 Å². The highest BCUT2D eigenvalue weighted by molar-refractivity contribution is 5.99. The summed E-state index contributed by atoms with van der Waals surface area (Å²) in [6.07, 6.45) is -0.207. The summed E-state index contributed by atoms with van der Waals surface area (Å²) in [6, 6.07) is -4.77. The predicted octanol–water partition coefficient (Wildman–Crippen LogP) is -3.58. The van der Waals surface area contributed by atoms with Crippen LogP contribution in [0.2, 0.25) is 0 Å². The lowest BCUT2D eigenvalue weighted by atomic mass is 9.94. The van der Waals surface area contributed by atoms with Crippen molar-refractivity contribution in [1.29, 1.82) is 0 Å². The van der Waals surface area contributed by atoms with Crippen molar-refractivity contribution in [3.8, 4) is 0 Å². The summed E-state index contributed by atoms with van der Waals surface area (Å²) in [5, 5.41) is 49.0. The van der Waals surface area contributed by atoms with Gasteiger partial charge in [0.05, 0.1) is 25.8 Å². The molecule has 472 valence electrons. The molecule has 15 atom stereocenters. The van der Waals surface area contributed by atoms with Gasteiger partial charge in [-0.2, -0.15) is 0 Å². The highest BCUT2D eigenvalue weighted by Crippen LogP contribution is 2.17. The second-order valence-electron chi connectivity index (χ2n) is 21.5. The summed E-state index contributed by atoms with van der Waals surface area (Å²) in [5.74, 6) is -13.0. The van der Waals surface area contributed by atoms with Gasteiger partial charge >= 0.3 is 5.97 Å². The van der Waals surface area contributed by atoms with Gasteiger partial charge in [-0.3, -0.25) is 52.7 Å². The number of ether oxygens (including phenoxy) is 1. The number of nitrogens with two attached hydrogens (primary N) is 2. The van der Waals surface area contributed by atoms with Gasteiger partial charge < -0.3 is 84.9 Å². The van der Waals surface area contributed by atoms with Gasteiger partial charge in [-0.1, -0.05) is 111 Å². The second kappa shape index (κ2) is 37.1. The predicted molar refractivity (Wildman–Crippen MR) is 308 cm³/mol. The Labute approximate surface area is 491 Å². The van der Waals surface area contributed by atoms with E-state index in [4.69, 9.17) is 16.2 Å². The number of rotatable bonds is 33. The summed E-state index contributed by atoms with van der Waals surface area (Å²) >= 11 is 0. The van der Waals surface area contributed by atoms with Crippen molar-refractivity contribution in [2.45, 2.75) is 187 Å². The first-order valence-corrected chi connectivity index (χ1v) is 28.9. The average Bonchev–Trinajstić information content (AvgIpc) is 3.64. The molecule has 0 aromatic heterocycles. The van der Waals surface area contributed by atoms with Gasteiger partial charge in [0.25, 0.3) is 0 Å². The van der Waals surface area contributed by atoms with Gasteiger partial charge in [-0.25, -0.2) is 4.79 Å². The third kappa shape index (κ3) is 23.0. The molecule has 84 heavy (non-hydrogen) atoms. The van der Waals surface area contributed by atoms with Crippen LogP contribution in [0.25, 0.3) is 0 Å². The van der Waals surface area contributed by atoms with E-state index in [1.165, 1.54) is 6.92 Å². The van der Waals surface area contributed by atoms with E-state index >= 15 is 0 Å². The molecule has 1 aliphatic rings. The molecule has 0 radical (unpaired) electrons. The van der Waals surface area contributed by atoms with Gasteiger partial charge in [0.1, 0.15) is 60.5 Å². The zero-order valence-corrected chi connectivity index (χ0v) is 50.1. The molecule has 1 aromatic carbocycles. The summed E-state index contributed by atoms with van der Waals surface area (Å²) in [7, 11) is 1.60. The molecule has 0 aliphatic carbocycles. The van der Waals surface area contributed by atoms with Crippen molar-refractivity contribution < 1.29 is 72.5 Å². The van der Waals surface area contributed by atoms with Crippen LogP contribution in [0.5, 0.6) is 0 Å².